The molecule has 33 heavy (non-hydrogen) atoms. The van der Waals surface area contributed by atoms with E-state index in [0.717, 1.165) is 16.8 Å². The van der Waals surface area contributed by atoms with Crippen LogP contribution in [-0.2, 0) is 10.0 Å². The number of H-pyrrole nitrogens is 1. The van der Waals surface area contributed by atoms with Crippen LogP contribution < -0.4 is 0 Å². The molecule has 0 amide bonds. The molecule has 0 bridgehead atoms. The van der Waals surface area contributed by atoms with Gasteiger partial charge in [0.05, 0.1) is 21.9 Å². The number of likely N-dealkylation sites (N-methyl/N-ethyl adjacent to an activating group) is 2. The molecule has 0 saturated heterocycles. The molecule has 8 nitrogen and oxygen atoms in total. The summed E-state index contributed by atoms with van der Waals surface area (Å²) in [6.07, 6.45) is 2.32. The van der Waals surface area contributed by atoms with Crippen molar-refractivity contribution in [3.05, 3.63) is 59.7 Å². The third-order valence-corrected chi connectivity index (χ3v) is 7.57. The topological polar surface area (TPSA) is 109 Å². The molecule has 3 aromatic rings. The molecule has 0 saturated carbocycles. The van der Waals surface area contributed by atoms with Crippen LogP contribution in [0.4, 0.5) is 5.69 Å². The lowest BCUT2D eigenvalue weighted by Crippen LogP contribution is -2.33. The van der Waals surface area contributed by atoms with Gasteiger partial charge in [0.25, 0.3) is 0 Å². The zero-order valence-corrected chi connectivity index (χ0v) is 19.7. The van der Waals surface area contributed by atoms with Gasteiger partial charge < -0.3 is 20.1 Å². The number of aliphatic hydroxyl groups excluding tert-OH is 1. The molecule has 0 spiro atoms. The number of para-hydroxylation sites is 1. The molecule has 4 rings (SSSR count). The molecule has 2 heterocycles. The van der Waals surface area contributed by atoms with E-state index in [0.29, 0.717) is 41.7 Å². The van der Waals surface area contributed by atoms with E-state index in [1.54, 1.807) is 19.2 Å². The highest BCUT2D eigenvalue weighted by Gasteiger charge is 2.28. The van der Waals surface area contributed by atoms with Gasteiger partial charge in [0.2, 0.25) is 10.0 Å². The van der Waals surface area contributed by atoms with Crippen molar-refractivity contribution in [3.8, 4) is 5.88 Å². The van der Waals surface area contributed by atoms with Crippen molar-refractivity contribution in [2.75, 3.05) is 40.8 Å². The van der Waals surface area contributed by atoms with Gasteiger partial charge in [-0.1, -0.05) is 24.3 Å². The van der Waals surface area contributed by atoms with Gasteiger partial charge in [0.1, 0.15) is 0 Å². The van der Waals surface area contributed by atoms with Crippen LogP contribution in [0, 0.1) is 0 Å². The highest BCUT2D eigenvalue weighted by atomic mass is 32.2. The first-order valence-corrected chi connectivity index (χ1v) is 12.1. The lowest BCUT2D eigenvalue weighted by Gasteiger charge is -2.19. The molecule has 9 heteroatoms. The molecular weight excluding hydrogens is 440 g/mol. The number of aliphatic imine (C=N–C) groups is 1. The number of aromatic nitrogens is 1. The second kappa shape index (κ2) is 9.11. The summed E-state index contributed by atoms with van der Waals surface area (Å²) in [5.41, 5.74) is 4.06. The first-order valence-electron chi connectivity index (χ1n) is 10.7. The number of hydrogen-bond donors (Lipinski definition) is 3. The summed E-state index contributed by atoms with van der Waals surface area (Å²) in [5.74, 6) is -0.0815. The second-order valence-corrected chi connectivity index (χ2v) is 10.3. The summed E-state index contributed by atoms with van der Waals surface area (Å²) in [7, 11) is 1.63. The molecule has 1 aliphatic heterocycles. The van der Waals surface area contributed by atoms with Crippen molar-refractivity contribution in [2.45, 2.75) is 11.3 Å². The lowest BCUT2D eigenvalue weighted by atomic mass is 9.96. The van der Waals surface area contributed by atoms with Crippen molar-refractivity contribution in [3.63, 3.8) is 0 Å². The van der Waals surface area contributed by atoms with Gasteiger partial charge in [-0.3, -0.25) is 0 Å². The van der Waals surface area contributed by atoms with Crippen molar-refractivity contribution in [1.29, 1.82) is 0 Å². The van der Waals surface area contributed by atoms with Crippen LogP contribution in [0.15, 0.2) is 58.4 Å². The minimum Gasteiger partial charge on any atom is -0.494 e. The minimum atomic E-state index is -3.71. The molecule has 174 valence electrons. The van der Waals surface area contributed by atoms with E-state index in [2.05, 4.69) is 4.98 Å². The molecule has 0 unspecified atom stereocenters. The van der Waals surface area contributed by atoms with Gasteiger partial charge in [-0.2, -0.15) is 4.31 Å². The number of allylic oxidation sites excluding steroid dienone is 1. The van der Waals surface area contributed by atoms with Crippen LogP contribution in [-0.4, -0.2) is 79.4 Å². The van der Waals surface area contributed by atoms with E-state index in [1.807, 2.05) is 49.3 Å². The summed E-state index contributed by atoms with van der Waals surface area (Å²) >= 11 is 0. The maximum atomic E-state index is 13.2. The predicted octanol–water partition coefficient (Wildman–Crippen LogP) is 2.96. The highest BCUT2D eigenvalue weighted by molar-refractivity contribution is 7.89. The van der Waals surface area contributed by atoms with Crippen molar-refractivity contribution >= 4 is 37.9 Å². The maximum absolute atomic E-state index is 13.2. The van der Waals surface area contributed by atoms with E-state index in [4.69, 9.17) is 4.99 Å². The Hall–Kier alpha value is -2.98. The monoisotopic (exact) mass is 468 g/mol. The lowest BCUT2D eigenvalue weighted by molar-refractivity contribution is 0.303. The van der Waals surface area contributed by atoms with Crippen LogP contribution in [0.5, 0.6) is 5.88 Å². The zero-order valence-electron chi connectivity index (χ0n) is 18.9. The summed E-state index contributed by atoms with van der Waals surface area (Å²) in [6, 6.07) is 12.4. The number of fused-ring (bicyclic) bond motifs is 2. The molecular formula is C24H28N4O4S. The van der Waals surface area contributed by atoms with Gasteiger partial charge in [-0.05, 0) is 44.8 Å². The van der Waals surface area contributed by atoms with Crippen LogP contribution in [0.25, 0.3) is 16.5 Å². The average Bonchev–Trinajstić information content (AvgIpc) is 3.31. The largest absolute Gasteiger partial charge is 0.494 e. The van der Waals surface area contributed by atoms with E-state index in [9.17, 15) is 18.6 Å². The Balaban J connectivity index is 1.82. The van der Waals surface area contributed by atoms with Crippen LogP contribution >= 0.6 is 0 Å². The normalized spacial score (nSPS) is 15.1. The number of nitrogens with zero attached hydrogens (tertiary/aromatic N) is 3. The van der Waals surface area contributed by atoms with E-state index >= 15 is 0 Å². The van der Waals surface area contributed by atoms with Crippen LogP contribution in [0.3, 0.4) is 0 Å². The number of sulfonamides is 1. The van der Waals surface area contributed by atoms with Crippen molar-refractivity contribution in [2.24, 2.45) is 4.99 Å². The quantitative estimate of drug-likeness (QED) is 0.471. The fourth-order valence-corrected chi connectivity index (χ4v) is 5.10. The Bertz CT molecular complexity index is 1360. The summed E-state index contributed by atoms with van der Waals surface area (Å²) < 4.78 is 27.7. The zero-order chi connectivity index (χ0) is 23.8. The van der Waals surface area contributed by atoms with Gasteiger partial charge >= 0.3 is 0 Å². The van der Waals surface area contributed by atoms with Crippen molar-refractivity contribution in [1.82, 2.24) is 14.2 Å². The fourth-order valence-electron chi connectivity index (χ4n) is 3.91. The summed E-state index contributed by atoms with van der Waals surface area (Å²) in [4.78, 5) is 9.75. The Labute approximate surface area is 193 Å². The van der Waals surface area contributed by atoms with E-state index in [1.165, 1.54) is 10.4 Å². The van der Waals surface area contributed by atoms with Crippen LogP contribution in [0.2, 0.25) is 0 Å². The third kappa shape index (κ3) is 4.32. The Kier molecular flexibility index (Phi) is 6.40. The first kappa shape index (κ1) is 23.2. The molecule has 0 aliphatic carbocycles. The van der Waals surface area contributed by atoms with E-state index in [-0.39, 0.29) is 17.4 Å². The Morgan fingerprint density at radius 1 is 1.09 bits per heavy atom. The number of aliphatic hydroxyl groups is 1. The number of hydrogen-bond acceptors (Lipinski definition) is 6. The highest BCUT2D eigenvalue weighted by Crippen LogP contribution is 2.41. The molecule has 1 aromatic heterocycles. The fraction of sp³-hybridized carbons (Fsp3) is 0.292. The van der Waals surface area contributed by atoms with Gasteiger partial charge in [0.15, 0.2) is 5.88 Å². The minimum absolute atomic E-state index is 0.0134. The smallest absolute Gasteiger partial charge is 0.242 e. The van der Waals surface area contributed by atoms with Gasteiger partial charge in [0, 0.05) is 48.8 Å². The molecule has 1 aliphatic rings. The number of aromatic amines is 1. The molecule has 2 aromatic carbocycles. The molecule has 0 atom stereocenters. The number of benzene rings is 2. The van der Waals surface area contributed by atoms with Gasteiger partial charge in [-0.25, -0.2) is 13.4 Å². The summed E-state index contributed by atoms with van der Waals surface area (Å²) in [5, 5.41) is 20.7. The Morgan fingerprint density at radius 3 is 2.58 bits per heavy atom. The third-order valence-electron chi connectivity index (χ3n) is 5.72. The number of aromatic hydroxyl groups is 1. The van der Waals surface area contributed by atoms with Gasteiger partial charge in [-0.15, -0.1) is 0 Å². The van der Waals surface area contributed by atoms with E-state index < -0.39 is 10.0 Å². The van der Waals surface area contributed by atoms with Crippen molar-refractivity contribution < 1.29 is 18.6 Å². The Morgan fingerprint density at radius 2 is 1.85 bits per heavy atom. The number of rotatable bonds is 8. The summed E-state index contributed by atoms with van der Waals surface area (Å²) in [6.45, 7) is 0.942. The predicted molar refractivity (Wildman–Crippen MR) is 131 cm³/mol. The maximum Gasteiger partial charge on any atom is 0.242 e. The standard InChI is InChI=1S/C24H28N4O4S/c1-27(2)12-13-28(3)33(31,32)16-10-11-21-19(15-16)22(24(30)26-21)23-18(8-6-14-29)17-7-4-5-9-20(17)25-23/h4-5,7-11,15,26,29-30H,6,12-14H2,1-3H3/b18-8+. The average molecular weight is 469 g/mol. The van der Waals surface area contributed by atoms with Crippen LogP contribution in [0.1, 0.15) is 17.5 Å². The molecule has 3 N–H and O–H groups in total. The second-order valence-electron chi connectivity index (χ2n) is 8.29. The molecule has 0 radical (unpaired) electrons. The number of nitrogens with one attached hydrogen (secondary N) is 1. The molecule has 0 fully saturated rings. The SMILES string of the molecule is CN(C)CCN(C)S(=O)(=O)c1ccc2[nH]c(O)c(C3=Nc4ccccc4/C3=C\CCO)c2c1. The first-order chi connectivity index (χ1) is 15.7.